The first kappa shape index (κ1) is 18.1. The van der Waals surface area contributed by atoms with Crippen LogP contribution in [0.1, 0.15) is 31.0 Å². The Labute approximate surface area is 140 Å². The molecule has 0 spiro atoms. The van der Waals surface area contributed by atoms with E-state index in [2.05, 4.69) is 0 Å². The summed E-state index contributed by atoms with van der Waals surface area (Å²) in [7, 11) is 1.56. The number of carbonyl (C=O) groups excluding carboxylic acids is 1. The van der Waals surface area contributed by atoms with Gasteiger partial charge in [-0.25, -0.2) is 8.78 Å². The minimum atomic E-state index is -0.686. The minimum absolute atomic E-state index is 0.140. The lowest BCUT2D eigenvalue weighted by Gasteiger charge is -2.28. The molecule has 2 atom stereocenters. The first-order valence-electron chi connectivity index (χ1n) is 7.77. The van der Waals surface area contributed by atoms with Gasteiger partial charge >= 0.3 is 0 Å². The number of halogens is 2. The lowest BCUT2D eigenvalue weighted by atomic mass is 10.1. The Balaban J connectivity index is 2.01. The fourth-order valence-electron chi connectivity index (χ4n) is 2.39. The number of carbonyl (C=O) groups is 1. The second-order valence-corrected chi connectivity index (χ2v) is 5.73. The zero-order valence-corrected chi connectivity index (χ0v) is 14.0. The predicted molar refractivity (Wildman–Crippen MR) is 88.2 cm³/mol. The molecule has 0 saturated carbocycles. The van der Waals surface area contributed by atoms with Crippen molar-refractivity contribution in [3.63, 3.8) is 0 Å². The number of nitrogens with zero attached hydrogens (tertiary/aromatic N) is 1. The van der Waals surface area contributed by atoms with Crippen LogP contribution >= 0.6 is 0 Å². The van der Waals surface area contributed by atoms with E-state index in [1.807, 2.05) is 30.3 Å². The van der Waals surface area contributed by atoms with Crippen molar-refractivity contribution < 1.29 is 18.3 Å². The fraction of sp³-hybridized carbons (Fsp3) is 0.316. The van der Waals surface area contributed by atoms with Crippen molar-refractivity contribution in [3.8, 4) is 0 Å². The smallest absolute Gasteiger partial charge is 0.251 e. The van der Waals surface area contributed by atoms with Gasteiger partial charge in [0.1, 0.15) is 17.7 Å². The molecule has 0 aliphatic heterocycles. The Morgan fingerprint density at radius 2 is 1.79 bits per heavy atom. The summed E-state index contributed by atoms with van der Waals surface area (Å²) in [6, 6.07) is 12.1. The van der Waals surface area contributed by atoms with Gasteiger partial charge in [0.05, 0.1) is 12.6 Å². The number of amides is 1. The maximum absolute atomic E-state index is 13.9. The minimum Gasteiger partial charge on any atom is -0.364 e. The molecule has 5 heteroatoms. The molecule has 0 fully saturated rings. The fourth-order valence-corrected chi connectivity index (χ4v) is 2.39. The van der Waals surface area contributed by atoms with Crippen molar-refractivity contribution in [2.24, 2.45) is 0 Å². The van der Waals surface area contributed by atoms with Crippen LogP contribution in [-0.4, -0.2) is 24.0 Å². The standard InChI is InChI=1S/C19H21F2NO2/c1-13(17-11-16(20)9-10-18(17)21)22(3)19(23)14(2)24-12-15-7-5-4-6-8-15/h4-11,13-14H,12H2,1-3H3. The third-order valence-corrected chi connectivity index (χ3v) is 4.03. The Hall–Kier alpha value is -2.27. The maximum atomic E-state index is 13.9. The topological polar surface area (TPSA) is 29.5 Å². The monoisotopic (exact) mass is 333 g/mol. The van der Waals surface area contributed by atoms with Gasteiger partial charge in [0.2, 0.25) is 0 Å². The van der Waals surface area contributed by atoms with Crippen molar-refractivity contribution in [2.45, 2.75) is 32.6 Å². The molecular formula is C19H21F2NO2. The van der Waals surface area contributed by atoms with Crippen LogP contribution in [0.5, 0.6) is 0 Å². The normalized spacial score (nSPS) is 13.4. The summed E-state index contributed by atoms with van der Waals surface area (Å²) in [5, 5.41) is 0. The van der Waals surface area contributed by atoms with Crippen LogP contribution in [0.3, 0.4) is 0 Å². The molecule has 24 heavy (non-hydrogen) atoms. The van der Waals surface area contributed by atoms with Crippen molar-refractivity contribution in [1.82, 2.24) is 4.90 Å². The number of ether oxygens (including phenoxy) is 1. The molecular weight excluding hydrogens is 312 g/mol. The Kier molecular flexibility index (Phi) is 6.04. The molecule has 1 amide bonds. The largest absolute Gasteiger partial charge is 0.364 e. The summed E-state index contributed by atoms with van der Waals surface area (Å²) in [5.41, 5.74) is 1.10. The summed E-state index contributed by atoms with van der Waals surface area (Å²) < 4.78 is 32.8. The molecule has 0 heterocycles. The molecule has 0 aromatic heterocycles. The predicted octanol–water partition coefficient (Wildman–Crippen LogP) is 4.09. The molecule has 2 rings (SSSR count). The number of benzene rings is 2. The van der Waals surface area contributed by atoms with Crippen LogP contribution in [0.2, 0.25) is 0 Å². The highest BCUT2D eigenvalue weighted by Crippen LogP contribution is 2.23. The van der Waals surface area contributed by atoms with Gasteiger partial charge in [0.25, 0.3) is 5.91 Å². The first-order chi connectivity index (χ1) is 11.4. The molecule has 2 aromatic rings. The van der Waals surface area contributed by atoms with E-state index in [0.29, 0.717) is 6.61 Å². The third-order valence-electron chi connectivity index (χ3n) is 4.03. The summed E-state index contributed by atoms with van der Waals surface area (Å²) in [6.07, 6.45) is -0.686. The van der Waals surface area contributed by atoms with E-state index in [4.69, 9.17) is 4.74 Å². The zero-order chi connectivity index (χ0) is 17.7. The van der Waals surface area contributed by atoms with Crippen molar-refractivity contribution in [2.75, 3.05) is 7.05 Å². The number of hydrogen-bond donors (Lipinski definition) is 0. The van der Waals surface area contributed by atoms with Gasteiger partial charge in [-0.3, -0.25) is 4.79 Å². The maximum Gasteiger partial charge on any atom is 0.251 e. The highest BCUT2D eigenvalue weighted by molar-refractivity contribution is 5.80. The zero-order valence-electron chi connectivity index (χ0n) is 14.0. The molecule has 2 unspecified atom stereocenters. The van der Waals surface area contributed by atoms with Gasteiger partial charge in [-0.15, -0.1) is 0 Å². The first-order valence-corrected chi connectivity index (χ1v) is 7.77. The average molecular weight is 333 g/mol. The van der Waals surface area contributed by atoms with Crippen molar-refractivity contribution in [1.29, 1.82) is 0 Å². The third kappa shape index (κ3) is 4.38. The summed E-state index contributed by atoms with van der Waals surface area (Å²) in [5.74, 6) is -1.36. The number of likely N-dealkylation sites (N-methyl/N-ethyl adjacent to an activating group) is 1. The second kappa shape index (κ2) is 8.02. The summed E-state index contributed by atoms with van der Waals surface area (Å²) in [6.45, 7) is 3.61. The highest BCUT2D eigenvalue weighted by atomic mass is 19.1. The molecule has 0 saturated heterocycles. The molecule has 0 radical (unpaired) electrons. The van der Waals surface area contributed by atoms with Gasteiger partial charge in [0, 0.05) is 12.6 Å². The molecule has 0 N–H and O–H groups in total. The van der Waals surface area contributed by atoms with Gasteiger partial charge in [0.15, 0.2) is 0 Å². The molecule has 128 valence electrons. The van der Waals surface area contributed by atoms with E-state index in [9.17, 15) is 13.6 Å². The van der Waals surface area contributed by atoms with Crippen molar-refractivity contribution in [3.05, 3.63) is 71.3 Å². The van der Waals surface area contributed by atoms with E-state index in [0.717, 1.165) is 23.8 Å². The van der Waals surface area contributed by atoms with E-state index in [-0.39, 0.29) is 11.5 Å². The van der Waals surface area contributed by atoms with Gasteiger partial charge in [-0.1, -0.05) is 30.3 Å². The molecule has 3 nitrogen and oxygen atoms in total. The molecule has 0 bridgehead atoms. The quantitative estimate of drug-likeness (QED) is 0.797. The van der Waals surface area contributed by atoms with Crippen LogP contribution in [0.25, 0.3) is 0 Å². The number of rotatable bonds is 6. The Bertz CT molecular complexity index is 691. The van der Waals surface area contributed by atoms with Crippen LogP contribution in [0, 0.1) is 11.6 Å². The van der Waals surface area contributed by atoms with E-state index in [1.165, 1.54) is 4.90 Å². The van der Waals surface area contributed by atoms with E-state index in [1.54, 1.807) is 20.9 Å². The SMILES string of the molecule is CC(OCc1ccccc1)C(=O)N(C)C(C)c1cc(F)ccc1F. The van der Waals surface area contributed by atoms with Crippen LogP contribution in [-0.2, 0) is 16.1 Å². The lowest BCUT2D eigenvalue weighted by Crippen LogP contribution is -2.38. The number of hydrogen-bond acceptors (Lipinski definition) is 2. The van der Waals surface area contributed by atoms with E-state index < -0.39 is 23.8 Å². The van der Waals surface area contributed by atoms with Gasteiger partial charge in [-0.05, 0) is 37.6 Å². The van der Waals surface area contributed by atoms with Crippen LogP contribution < -0.4 is 0 Å². The second-order valence-electron chi connectivity index (χ2n) is 5.73. The lowest BCUT2D eigenvalue weighted by molar-refractivity contribution is -0.144. The van der Waals surface area contributed by atoms with E-state index >= 15 is 0 Å². The van der Waals surface area contributed by atoms with Gasteiger partial charge < -0.3 is 9.64 Å². The van der Waals surface area contributed by atoms with Crippen LogP contribution in [0.4, 0.5) is 8.78 Å². The molecule has 0 aliphatic carbocycles. The molecule has 0 aliphatic rings. The Morgan fingerprint density at radius 3 is 2.46 bits per heavy atom. The van der Waals surface area contributed by atoms with Crippen LogP contribution in [0.15, 0.2) is 48.5 Å². The highest BCUT2D eigenvalue weighted by Gasteiger charge is 2.25. The summed E-state index contributed by atoms with van der Waals surface area (Å²) >= 11 is 0. The Morgan fingerprint density at radius 1 is 1.12 bits per heavy atom. The van der Waals surface area contributed by atoms with Crippen molar-refractivity contribution >= 4 is 5.91 Å². The molecule has 2 aromatic carbocycles. The summed E-state index contributed by atoms with van der Waals surface area (Å²) in [4.78, 5) is 13.8. The average Bonchev–Trinajstić information content (AvgIpc) is 2.60. The van der Waals surface area contributed by atoms with Gasteiger partial charge in [-0.2, -0.15) is 0 Å².